The maximum absolute atomic E-state index is 13.7. The van der Waals surface area contributed by atoms with Crippen LogP contribution in [-0.2, 0) is 23.7 Å². The van der Waals surface area contributed by atoms with Crippen LogP contribution in [0.2, 0.25) is 0 Å². The molecule has 286 valence electrons. The van der Waals surface area contributed by atoms with Gasteiger partial charge in [-0.05, 0) is 38.1 Å². The average molecular weight is 741 g/mol. The summed E-state index contributed by atoms with van der Waals surface area (Å²) in [5.41, 5.74) is -1.06. The van der Waals surface area contributed by atoms with Gasteiger partial charge < -0.3 is 89.0 Å². The number of aliphatic hydroxyl groups is 8. The molecule has 3 aliphatic heterocycles. The van der Waals surface area contributed by atoms with Crippen LogP contribution >= 0.6 is 0 Å². The Kier molecular flexibility index (Phi) is 11.0. The molecule has 19 nitrogen and oxygen atoms in total. The van der Waals surface area contributed by atoms with Crippen LogP contribution in [0.1, 0.15) is 13.8 Å². The van der Waals surface area contributed by atoms with Crippen LogP contribution in [0.3, 0.4) is 0 Å². The van der Waals surface area contributed by atoms with Crippen molar-refractivity contribution in [1.82, 2.24) is 0 Å². The lowest BCUT2D eigenvalue weighted by molar-refractivity contribution is -0.358. The molecule has 0 unspecified atom stereocenters. The molecule has 2 aromatic carbocycles. The molecule has 0 saturated carbocycles. The van der Waals surface area contributed by atoms with Crippen LogP contribution in [0, 0.1) is 0 Å². The molecule has 4 heterocycles. The number of phenols is 3. The van der Waals surface area contributed by atoms with E-state index < -0.39 is 127 Å². The molecule has 3 aromatic rings. The monoisotopic (exact) mass is 740 g/mol. The third kappa shape index (κ3) is 7.16. The highest BCUT2D eigenvalue weighted by molar-refractivity contribution is 5.88. The van der Waals surface area contributed by atoms with Crippen molar-refractivity contribution < 1.29 is 89.0 Å². The fraction of sp³-hybridized carbons (Fsp3) is 0.545. The molecule has 0 aliphatic carbocycles. The van der Waals surface area contributed by atoms with Crippen molar-refractivity contribution >= 4 is 11.0 Å². The quantitative estimate of drug-likeness (QED) is 0.113. The molecule has 19 heteroatoms. The zero-order chi connectivity index (χ0) is 37.8. The molecule has 3 fully saturated rings. The Bertz CT molecular complexity index is 1770. The molecule has 1 aromatic heterocycles. The van der Waals surface area contributed by atoms with Crippen molar-refractivity contribution in [3.63, 3.8) is 0 Å². The molecular formula is C33H40O19. The lowest BCUT2D eigenvalue weighted by Gasteiger charge is -2.46. The maximum atomic E-state index is 13.7. The fourth-order valence-electron chi connectivity index (χ4n) is 6.21. The van der Waals surface area contributed by atoms with Gasteiger partial charge in [-0.1, -0.05) is 0 Å². The van der Waals surface area contributed by atoms with Gasteiger partial charge in [-0.3, -0.25) is 4.79 Å². The Morgan fingerprint density at radius 2 is 1.27 bits per heavy atom. The summed E-state index contributed by atoms with van der Waals surface area (Å²) in [5, 5.41) is 115. The number of benzene rings is 2. The zero-order valence-electron chi connectivity index (χ0n) is 27.5. The minimum Gasteiger partial charge on any atom is -0.508 e. The third-order valence-electron chi connectivity index (χ3n) is 9.26. The zero-order valence-corrected chi connectivity index (χ0v) is 27.5. The molecule has 6 rings (SSSR count). The van der Waals surface area contributed by atoms with Crippen LogP contribution < -0.4 is 10.2 Å². The maximum Gasteiger partial charge on any atom is 0.239 e. The van der Waals surface area contributed by atoms with E-state index in [2.05, 4.69) is 0 Å². The summed E-state index contributed by atoms with van der Waals surface area (Å²) in [4.78, 5) is 13.7. The van der Waals surface area contributed by atoms with Gasteiger partial charge in [-0.25, -0.2) is 0 Å². The van der Waals surface area contributed by atoms with Gasteiger partial charge >= 0.3 is 0 Å². The smallest absolute Gasteiger partial charge is 0.239 e. The summed E-state index contributed by atoms with van der Waals surface area (Å²) in [5.74, 6) is -2.13. The summed E-state index contributed by atoms with van der Waals surface area (Å²) in [6.45, 7) is 2.16. The first-order valence-electron chi connectivity index (χ1n) is 16.2. The highest BCUT2D eigenvalue weighted by Crippen LogP contribution is 2.38. The van der Waals surface area contributed by atoms with Gasteiger partial charge in [0.25, 0.3) is 0 Å². The number of rotatable bonds is 8. The van der Waals surface area contributed by atoms with E-state index in [0.717, 1.165) is 12.1 Å². The molecule has 0 amide bonds. The molecule has 3 aliphatic rings. The molecule has 3 saturated heterocycles. The van der Waals surface area contributed by atoms with E-state index in [1.165, 1.54) is 38.1 Å². The Morgan fingerprint density at radius 3 is 1.96 bits per heavy atom. The largest absolute Gasteiger partial charge is 0.508 e. The molecule has 0 bridgehead atoms. The van der Waals surface area contributed by atoms with Crippen LogP contribution in [-0.4, -0.2) is 155 Å². The summed E-state index contributed by atoms with van der Waals surface area (Å²) in [6.07, 6.45) is -24.1. The first-order chi connectivity index (χ1) is 24.6. The highest BCUT2D eigenvalue weighted by atomic mass is 16.7. The molecule has 52 heavy (non-hydrogen) atoms. The summed E-state index contributed by atoms with van der Waals surface area (Å²) in [6, 6.07) is 7.23. The van der Waals surface area contributed by atoms with Crippen molar-refractivity contribution in [1.29, 1.82) is 0 Å². The number of hydrogen-bond acceptors (Lipinski definition) is 19. The summed E-state index contributed by atoms with van der Waals surface area (Å²) < 4.78 is 39.6. The van der Waals surface area contributed by atoms with E-state index in [0.29, 0.717) is 0 Å². The highest BCUT2D eigenvalue weighted by Gasteiger charge is 2.51. The van der Waals surface area contributed by atoms with Crippen LogP contribution in [0.4, 0.5) is 0 Å². The van der Waals surface area contributed by atoms with Gasteiger partial charge in [0.2, 0.25) is 17.5 Å². The SMILES string of the molecule is C[C@@H]1O[C@@H](O[C@@H]2[C@@H](O)[C@H](C)O[C@@H](OC[C@H]3O[C@@H](Oc4c(-c5ccc(O)cc5)oc5cc(O)cc(O)c5c4=O)[C@H](O)[C@@H](O)[C@H]3O)[C@@H]2O)[C@H](O)[C@H](O)[C@H]1O. The topological polar surface area (TPSA) is 308 Å². The first kappa shape index (κ1) is 38.1. The number of aliphatic hydroxyl groups excluding tert-OH is 8. The van der Waals surface area contributed by atoms with Gasteiger partial charge in [0.05, 0.1) is 18.8 Å². The second kappa shape index (κ2) is 15.0. The summed E-state index contributed by atoms with van der Waals surface area (Å²) >= 11 is 0. The predicted octanol–water partition coefficient (Wildman–Crippen LogP) is -2.54. The van der Waals surface area contributed by atoms with E-state index >= 15 is 0 Å². The molecule has 0 spiro atoms. The minimum absolute atomic E-state index is 0.127. The predicted molar refractivity (Wildman–Crippen MR) is 170 cm³/mol. The normalized spacial score (nSPS) is 38.3. The van der Waals surface area contributed by atoms with Crippen molar-refractivity contribution in [3.8, 4) is 34.3 Å². The Balaban J connectivity index is 1.22. The number of ether oxygens (including phenoxy) is 6. The number of aromatic hydroxyl groups is 3. The van der Waals surface area contributed by atoms with E-state index in [9.17, 15) is 61.0 Å². The lowest BCUT2D eigenvalue weighted by atomic mass is 9.97. The van der Waals surface area contributed by atoms with Crippen molar-refractivity contribution in [2.45, 2.75) is 106 Å². The van der Waals surface area contributed by atoms with Gasteiger partial charge in [0.1, 0.15) is 89.3 Å². The Labute approximate surface area is 293 Å². The molecule has 15 atom stereocenters. The van der Waals surface area contributed by atoms with Gasteiger partial charge in [0.15, 0.2) is 18.3 Å². The van der Waals surface area contributed by atoms with Crippen molar-refractivity contribution in [2.24, 2.45) is 0 Å². The van der Waals surface area contributed by atoms with Crippen LogP contribution in [0.25, 0.3) is 22.3 Å². The van der Waals surface area contributed by atoms with E-state index in [-0.39, 0.29) is 22.7 Å². The molecule has 11 N–H and O–H groups in total. The van der Waals surface area contributed by atoms with Crippen molar-refractivity contribution in [2.75, 3.05) is 6.61 Å². The number of phenolic OH excluding ortho intramolecular Hbond substituents is 3. The van der Waals surface area contributed by atoms with Gasteiger partial charge in [-0.2, -0.15) is 0 Å². The minimum atomic E-state index is -1.98. The number of hydrogen-bond donors (Lipinski definition) is 11. The van der Waals surface area contributed by atoms with E-state index in [1.807, 2.05) is 0 Å². The van der Waals surface area contributed by atoms with E-state index in [1.54, 1.807) is 0 Å². The summed E-state index contributed by atoms with van der Waals surface area (Å²) in [7, 11) is 0. The third-order valence-corrected chi connectivity index (χ3v) is 9.26. The van der Waals surface area contributed by atoms with E-state index in [4.69, 9.17) is 32.8 Å². The fourth-order valence-corrected chi connectivity index (χ4v) is 6.21. The first-order valence-corrected chi connectivity index (χ1v) is 16.2. The standard InChI is InChI=1S/C33H40O19/c1-10-19(37)23(41)25(43)32(48-10)51-29-20(38)11(2)47-31(27(29)45)46-9-17-21(39)24(42)26(44)33(50-17)52-30-22(40)18-15(36)7-14(35)8-16(18)49-28(30)12-3-5-13(34)6-4-12/h3-8,10-11,17,19-21,23-27,29,31-39,41-45H,9H2,1-2H3/t10-,11-,17+,19-,20-,21-,23+,24-,25+,26+,27+,29+,31+,32-,33-/m0/s1. The lowest BCUT2D eigenvalue weighted by Crippen LogP contribution is -2.64. The van der Waals surface area contributed by atoms with Gasteiger partial charge in [-0.15, -0.1) is 0 Å². The number of fused-ring (bicyclic) bond motifs is 1. The second-order valence-electron chi connectivity index (χ2n) is 12.9. The Morgan fingerprint density at radius 1 is 0.654 bits per heavy atom. The average Bonchev–Trinajstić information content (AvgIpc) is 3.10. The van der Waals surface area contributed by atoms with Crippen LogP contribution in [0.5, 0.6) is 23.0 Å². The molecule has 0 radical (unpaired) electrons. The van der Waals surface area contributed by atoms with Crippen molar-refractivity contribution in [3.05, 3.63) is 46.6 Å². The van der Waals surface area contributed by atoms with Crippen LogP contribution in [0.15, 0.2) is 45.6 Å². The Hall–Kier alpha value is -3.67. The molecular weight excluding hydrogens is 700 g/mol. The van der Waals surface area contributed by atoms with Gasteiger partial charge in [0, 0.05) is 17.7 Å². The second-order valence-corrected chi connectivity index (χ2v) is 12.9.